The van der Waals surface area contributed by atoms with Gasteiger partial charge in [-0.25, -0.2) is 0 Å². The quantitative estimate of drug-likeness (QED) is 0.741. The minimum atomic E-state index is -0.629. The Balaban J connectivity index is 1.94. The predicted molar refractivity (Wildman–Crippen MR) is 92.4 cm³/mol. The molecule has 1 aliphatic heterocycles. The SMILES string of the molecule is CC[C@H](N)C(=O)NC(C)C(=O)Nc1cccc(N2CCCC2)c1. The van der Waals surface area contributed by atoms with Crippen LogP contribution >= 0.6 is 0 Å². The number of carbonyl (C=O) groups is 2. The molecule has 2 rings (SSSR count). The highest BCUT2D eigenvalue weighted by atomic mass is 16.2. The van der Waals surface area contributed by atoms with Gasteiger partial charge in [-0.05, 0) is 44.4 Å². The molecule has 6 heteroatoms. The number of rotatable bonds is 6. The number of carbonyl (C=O) groups excluding carboxylic acids is 2. The fraction of sp³-hybridized carbons (Fsp3) is 0.529. The van der Waals surface area contributed by atoms with E-state index in [2.05, 4.69) is 15.5 Å². The molecule has 6 nitrogen and oxygen atoms in total. The van der Waals surface area contributed by atoms with Crippen molar-refractivity contribution in [3.63, 3.8) is 0 Å². The molecule has 2 atom stereocenters. The second-order valence-electron chi connectivity index (χ2n) is 5.98. The van der Waals surface area contributed by atoms with E-state index in [0.29, 0.717) is 6.42 Å². The third-order valence-electron chi connectivity index (χ3n) is 4.11. The first-order valence-corrected chi connectivity index (χ1v) is 8.23. The fourth-order valence-electron chi connectivity index (χ4n) is 2.58. The van der Waals surface area contributed by atoms with Crippen LogP contribution < -0.4 is 21.3 Å². The third-order valence-corrected chi connectivity index (χ3v) is 4.11. The molecular weight excluding hydrogens is 292 g/mol. The normalized spacial score (nSPS) is 16.7. The van der Waals surface area contributed by atoms with Crippen LogP contribution in [0.4, 0.5) is 11.4 Å². The van der Waals surface area contributed by atoms with Gasteiger partial charge in [0.1, 0.15) is 6.04 Å². The minimum Gasteiger partial charge on any atom is -0.371 e. The Morgan fingerprint density at radius 2 is 1.96 bits per heavy atom. The largest absolute Gasteiger partial charge is 0.371 e. The molecule has 1 aromatic rings. The molecule has 126 valence electrons. The van der Waals surface area contributed by atoms with Gasteiger partial charge in [0, 0.05) is 24.5 Å². The lowest BCUT2D eigenvalue weighted by Gasteiger charge is -2.20. The summed E-state index contributed by atoms with van der Waals surface area (Å²) in [7, 11) is 0. The van der Waals surface area contributed by atoms with Gasteiger partial charge in [-0.2, -0.15) is 0 Å². The van der Waals surface area contributed by atoms with Gasteiger partial charge in [0.2, 0.25) is 11.8 Å². The second-order valence-corrected chi connectivity index (χ2v) is 5.98. The molecule has 1 saturated heterocycles. The van der Waals surface area contributed by atoms with Crippen LogP contribution in [0.25, 0.3) is 0 Å². The van der Waals surface area contributed by atoms with E-state index < -0.39 is 12.1 Å². The summed E-state index contributed by atoms with van der Waals surface area (Å²) >= 11 is 0. The van der Waals surface area contributed by atoms with Crippen molar-refractivity contribution in [1.82, 2.24) is 5.32 Å². The Morgan fingerprint density at radius 1 is 1.26 bits per heavy atom. The molecule has 0 bridgehead atoms. The first-order chi connectivity index (χ1) is 11.0. The van der Waals surface area contributed by atoms with Crippen LogP contribution in [0.3, 0.4) is 0 Å². The topological polar surface area (TPSA) is 87.5 Å². The van der Waals surface area contributed by atoms with Crippen molar-refractivity contribution < 1.29 is 9.59 Å². The van der Waals surface area contributed by atoms with Gasteiger partial charge < -0.3 is 21.3 Å². The van der Waals surface area contributed by atoms with Crippen LogP contribution in [0.15, 0.2) is 24.3 Å². The lowest BCUT2D eigenvalue weighted by atomic mass is 10.2. The van der Waals surface area contributed by atoms with Crippen molar-refractivity contribution in [2.75, 3.05) is 23.3 Å². The molecule has 1 unspecified atom stereocenters. The molecule has 1 heterocycles. The Kier molecular flexibility index (Phi) is 5.98. The molecule has 4 N–H and O–H groups in total. The number of amides is 2. The zero-order chi connectivity index (χ0) is 16.8. The number of nitrogens with one attached hydrogen (secondary N) is 2. The summed E-state index contributed by atoms with van der Waals surface area (Å²) in [6.45, 7) is 5.59. The maximum Gasteiger partial charge on any atom is 0.246 e. The summed E-state index contributed by atoms with van der Waals surface area (Å²) in [4.78, 5) is 26.3. The first kappa shape index (κ1) is 17.3. The zero-order valence-electron chi connectivity index (χ0n) is 13.8. The fourth-order valence-corrected chi connectivity index (χ4v) is 2.58. The number of hydrogen-bond acceptors (Lipinski definition) is 4. The Labute approximate surface area is 137 Å². The Morgan fingerprint density at radius 3 is 2.61 bits per heavy atom. The van der Waals surface area contributed by atoms with E-state index >= 15 is 0 Å². The van der Waals surface area contributed by atoms with Crippen molar-refractivity contribution in [2.24, 2.45) is 5.73 Å². The highest BCUT2D eigenvalue weighted by molar-refractivity contribution is 5.97. The van der Waals surface area contributed by atoms with Crippen LogP contribution in [0.5, 0.6) is 0 Å². The summed E-state index contributed by atoms with van der Waals surface area (Å²) in [5, 5.41) is 5.48. The summed E-state index contributed by atoms with van der Waals surface area (Å²) in [6.07, 6.45) is 2.95. The van der Waals surface area contributed by atoms with Gasteiger partial charge in [-0.15, -0.1) is 0 Å². The molecule has 0 saturated carbocycles. The van der Waals surface area contributed by atoms with E-state index in [1.165, 1.54) is 12.8 Å². The maximum atomic E-state index is 12.2. The smallest absolute Gasteiger partial charge is 0.246 e. The zero-order valence-corrected chi connectivity index (χ0v) is 13.8. The van der Waals surface area contributed by atoms with E-state index in [-0.39, 0.29) is 11.8 Å². The van der Waals surface area contributed by atoms with Crippen molar-refractivity contribution >= 4 is 23.2 Å². The van der Waals surface area contributed by atoms with Crippen LogP contribution in [-0.4, -0.2) is 37.0 Å². The summed E-state index contributed by atoms with van der Waals surface area (Å²) in [6, 6.07) is 6.59. The van der Waals surface area contributed by atoms with E-state index in [0.717, 1.165) is 24.5 Å². The van der Waals surface area contributed by atoms with Crippen molar-refractivity contribution in [3.8, 4) is 0 Å². The lowest BCUT2D eigenvalue weighted by molar-refractivity contribution is -0.127. The number of nitrogens with zero attached hydrogens (tertiary/aromatic N) is 1. The van der Waals surface area contributed by atoms with Crippen LogP contribution in [-0.2, 0) is 9.59 Å². The van der Waals surface area contributed by atoms with Crippen molar-refractivity contribution in [2.45, 2.75) is 45.2 Å². The molecular formula is C17H26N4O2. The van der Waals surface area contributed by atoms with E-state index in [1.807, 2.05) is 31.2 Å². The van der Waals surface area contributed by atoms with Crippen molar-refractivity contribution in [1.29, 1.82) is 0 Å². The average Bonchev–Trinajstić information content (AvgIpc) is 3.08. The monoisotopic (exact) mass is 318 g/mol. The molecule has 0 spiro atoms. The molecule has 1 aliphatic rings. The standard InChI is InChI=1S/C17H26N4O2/c1-3-15(18)17(23)19-12(2)16(22)20-13-7-6-8-14(11-13)21-9-4-5-10-21/h6-8,11-12,15H,3-5,9-10,18H2,1-2H3,(H,19,23)(H,20,22)/t12?,15-/m0/s1. The van der Waals surface area contributed by atoms with Gasteiger partial charge in [-0.3, -0.25) is 9.59 Å². The van der Waals surface area contributed by atoms with Crippen LogP contribution in [0.1, 0.15) is 33.1 Å². The molecule has 1 fully saturated rings. The van der Waals surface area contributed by atoms with Crippen molar-refractivity contribution in [3.05, 3.63) is 24.3 Å². The molecule has 0 radical (unpaired) electrons. The third kappa shape index (κ3) is 4.69. The highest BCUT2D eigenvalue weighted by Gasteiger charge is 2.19. The van der Waals surface area contributed by atoms with E-state index in [9.17, 15) is 9.59 Å². The average molecular weight is 318 g/mol. The number of nitrogens with two attached hydrogens (primary N) is 1. The Bertz CT molecular complexity index is 555. The van der Waals surface area contributed by atoms with E-state index in [4.69, 9.17) is 5.73 Å². The number of hydrogen-bond donors (Lipinski definition) is 3. The molecule has 23 heavy (non-hydrogen) atoms. The van der Waals surface area contributed by atoms with Gasteiger partial charge in [-0.1, -0.05) is 13.0 Å². The summed E-state index contributed by atoms with van der Waals surface area (Å²) in [5.41, 5.74) is 7.51. The lowest BCUT2D eigenvalue weighted by Crippen LogP contribution is -2.48. The first-order valence-electron chi connectivity index (χ1n) is 8.23. The highest BCUT2D eigenvalue weighted by Crippen LogP contribution is 2.23. The van der Waals surface area contributed by atoms with E-state index in [1.54, 1.807) is 6.92 Å². The van der Waals surface area contributed by atoms with Crippen LogP contribution in [0.2, 0.25) is 0 Å². The van der Waals surface area contributed by atoms with Crippen LogP contribution in [0, 0.1) is 0 Å². The predicted octanol–water partition coefficient (Wildman–Crippen LogP) is 1.47. The second kappa shape index (κ2) is 7.97. The van der Waals surface area contributed by atoms with Gasteiger partial charge in [0.15, 0.2) is 0 Å². The minimum absolute atomic E-state index is 0.250. The van der Waals surface area contributed by atoms with Gasteiger partial charge >= 0.3 is 0 Å². The molecule has 0 aromatic heterocycles. The molecule has 0 aliphatic carbocycles. The summed E-state index contributed by atoms with van der Waals surface area (Å²) < 4.78 is 0. The van der Waals surface area contributed by atoms with Gasteiger partial charge in [0.05, 0.1) is 6.04 Å². The van der Waals surface area contributed by atoms with Gasteiger partial charge in [0.25, 0.3) is 0 Å². The maximum absolute atomic E-state index is 12.2. The molecule has 2 amide bonds. The number of anilines is 2. The number of benzene rings is 1. The molecule has 1 aromatic carbocycles. The Hall–Kier alpha value is -2.08. The summed E-state index contributed by atoms with van der Waals surface area (Å²) in [5.74, 6) is -0.554.